The molecule has 0 fully saturated rings. The summed E-state index contributed by atoms with van der Waals surface area (Å²) < 4.78 is 0. The van der Waals surface area contributed by atoms with Gasteiger partial charge < -0.3 is 10.6 Å². The first-order valence-electron chi connectivity index (χ1n) is 8.08. The predicted molar refractivity (Wildman–Crippen MR) is 99.3 cm³/mol. The lowest BCUT2D eigenvalue weighted by Gasteiger charge is -2.16. The third kappa shape index (κ3) is 5.67. The van der Waals surface area contributed by atoms with Crippen LogP contribution in [0, 0.1) is 13.8 Å². The van der Waals surface area contributed by atoms with Crippen molar-refractivity contribution in [1.82, 2.24) is 15.6 Å². The highest BCUT2D eigenvalue weighted by Crippen LogP contribution is 2.15. The van der Waals surface area contributed by atoms with Gasteiger partial charge in [-0.1, -0.05) is 36.8 Å². The Hall–Kier alpha value is -1.88. The number of aryl methyl sites for hydroxylation is 2. The highest BCUT2D eigenvalue weighted by atomic mass is 32.1. The molecule has 0 bridgehead atoms. The van der Waals surface area contributed by atoms with E-state index in [0.717, 1.165) is 24.1 Å². The number of hydrogen-bond acceptors (Lipinski definition) is 3. The number of hydrogen-bond donors (Lipinski definition) is 2. The summed E-state index contributed by atoms with van der Waals surface area (Å²) in [7, 11) is 0. The maximum absolute atomic E-state index is 4.64. The number of nitrogens with zero attached hydrogens (tertiary/aromatic N) is 2. The monoisotopic (exact) mass is 330 g/mol. The van der Waals surface area contributed by atoms with Crippen molar-refractivity contribution in [2.75, 3.05) is 13.1 Å². The SMILES string of the molecule is CCNC(=NCc1cnc(C)s1)NCC(C)c1ccc(C)cc1. The summed E-state index contributed by atoms with van der Waals surface area (Å²) in [6, 6.07) is 8.73. The Labute approximate surface area is 143 Å². The second-order valence-electron chi connectivity index (χ2n) is 5.73. The van der Waals surface area contributed by atoms with Crippen LogP contribution >= 0.6 is 11.3 Å². The third-order valence-corrected chi connectivity index (χ3v) is 4.53. The summed E-state index contributed by atoms with van der Waals surface area (Å²) in [6.07, 6.45) is 1.90. The van der Waals surface area contributed by atoms with Crippen LogP contribution in [0.3, 0.4) is 0 Å². The van der Waals surface area contributed by atoms with Gasteiger partial charge in [0.2, 0.25) is 0 Å². The number of benzene rings is 1. The van der Waals surface area contributed by atoms with E-state index in [1.165, 1.54) is 16.0 Å². The first-order chi connectivity index (χ1) is 11.1. The highest BCUT2D eigenvalue weighted by molar-refractivity contribution is 7.11. The van der Waals surface area contributed by atoms with Gasteiger partial charge in [0.05, 0.1) is 11.6 Å². The Morgan fingerprint density at radius 1 is 1.22 bits per heavy atom. The Morgan fingerprint density at radius 2 is 1.96 bits per heavy atom. The minimum absolute atomic E-state index is 0.435. The Balaban J connectivity index is 1.91. The lowest BCUT2D eigenvalue weighted by atomic mass is 10.0. The van der Waals surface area contributed by atoms with Crippen LogP contribution in [0.4, 0.5) is 0 Å². The Morgan fingerprint density at radius 3 is 2.57 bits per heavy atom. The van der Waals surface area contributed by atoms with Crippen molar-refractivity contribution in [3.8, 4) is 0 Å². The molecule has 124 valence electrons. The highest BCUT2D eigenvalue weighted by Gasteiger charge is 2.07. The van der Waals surface area contributed by atoms with Gasteiger partial charge in [0.1, 0.15) is 0 Å². The number of nitrogens with one attached hydrogen (secondary N) is 2. The van der Waals surface area contributed by atoms with Crippen LogP contribution < -0.4 is 10.6 Å². The molecular weight excluding hydrogens is 304 g/mol. The largest absolute Gasteiger partial charge is 0.357 e. The summed E-state index contributed by atoms with van der Waals surface area (Å²) in [5.41, 5.74) is 2.64. The predicted octanol–water partition coefficient (Wildman–Crippen LogP) is 3.62. The molecule has 0 spiro atoms. The van der Waals surface area contributed by atoms with Crippen LogP contribution in [0.5, 0.6) is 0 Å². The van der Waals surface area contributed by atoms with Crippen molar-refractivity contribution >= 4 is 17.3 Å². The van der Waals surface area contributed by atoms with Gasteiger partial charge >= 0.3 is 0 Å². The molecule has 0 radical (unpaired) electrons. The molecule has 2 N–H and O–H groups in total. The molecule has 2 rings (SSSR count). The van der Waals surface area contributed by atoms with Crippen molar-refractivity contribution in [3.05, 3.63) is 51.5 Å². The van der Waals surface area contributed by atoms with Gasteiger partial charge in [-0.05, 0) is 32.3 Å². The smallest absolute Gasteiger partial charge is 0.191 e. The maximum atomic E-state index is 4.64. The van der Waals surface area contributed by atoms with E-state index in [0.29, 0.717) is 12.5 Å². The topological polar surface area (TPSA) is 49.3 Å². The standard InChI is InChI=1S/C18H26N4S/c1-5-19-18(22-12-17-11-20-15(4)23-17)21-10-14(3)16-8-6-13(2)7-9-16/h6-9,11,14H,5,10,12H2,1-4H3,(H2,19,21,22). The van der Waals surface area contributed by atoms with Crippen LogP contribution in [0.25, 0.3) is 0 Å². The minimum Gasteiger partial charge on any atom is -0.357 e. The molecule has 0 saturated carbocycles. The van der Waals surface area contributed by atoms with E-state index in [4.69, 9.17) is 0 Å². The summed E-state index contributed by atoms with van der Waals surface area (Å²) >= 11 is 1.70. The molecule has 1 unspecified atom stereocenters. The molecule has 4 nitrogen and oxygen atoms in total. The van der Waals surface area contributed by atoms with E-state index in [2.05, 4.69) is 65.6 Å². The third-order valence-electron chi connectivity index (χ3n) is 3.63. The fourth-order valence-corrected chi connectivity index (χ4v) is 2.96. The average molecular weight is 331 g/mol. The van der Waals surface area contributed by atoms with Crippen molar-refractivity contribution in [2.45, 2.75) is 40.2 Å². The average Bonchev–Trinajstić information content (AvgIpc) is 2.96. The van der Waals surface area contributed by atoms with E-state index in [9.17, 15) is 0 Å². The zero-order chi connectivity index (χ0) is 16.7. The molecular formula is C18H26N4S. The van der Waals surface area contributed by atoms with Gasteiger partial charge in [0, 0.05) is 24.2 Å². The normalized spacial score (nSPS) is 13.0. The van der Waals surface area contributed by atoms with E-state index in [1.807, 2.05) is 13.1 Å². The maximum Gasteiger partial charge on any atom is 0.191 e. The van der Waals surface area contributed by atoms with Crippen LogP contribution in [0.15, 0.2) is 35.5 Å². The molecule has 1 aromatic heterocycles. The summed E-state index contributed by atoms with van der Waals surface area (Å²) in [6.45, 7) is 10.8. The number of rotatable bonds is 6. The number of aromatic nitrogens is 1. The quantitative estimate of drug-likeness (QED) is 0.628. The second-order valence-corrected chi connectivity index (χ2v) is 7.05. The number of thiazole rings is 1. The van der Waals surface area contributed by atoms with Crippen LogP contribution in [-0.2, 0) is 6.54 Å². The molecule has 0 amide bonds. The Kier molecular flexibility index (Phi) is 6.59. The molecule has 1 aromatic carbocycles. The van der Waals surface area contributed by atoms with Gasteiger partial charge in [0.25, 0.3) is 0 Å². The van der Waals surface area contributed by atoms with Gasteiger partial charge in [-0.3, -0.25) is 0 Å². The molecule has 0 aliphatic carbocycles. The van der Waals surface area contributed by atoms with Gasteiger partial charge in [-0.25, -0.2) is 9.98 Å². The van der Waals surface area contributed by atoms with Crippen LogP contribution in [0.1, 0.15) is 40.8 Å². The molecule has 2 aromatic rings. The van der Waals surface area contributed by atoms with E-state index in [1.54, 1.807) is 11.3 Å². The van der Waals surface area contributed by atoms with Gasteiger partial charge in [0.15, 0.2) is 5.96 Å². The number of aliphatic imine (C=N–C) groups is 1. The van der Waals surface area contributed by atoms with E-state index in [-0.39, 0.29) is 0 Å². The summed E-state index contributed by atoms with van der Waals surface area (Å²) in [5.74, 6) is 1.29. The second kappa shape index (κ2) is 8.67. The van der Waals surface area contributed by atoms with Crippen LogP contribution in [0.2, 0.25) is 0 Å². The van der Waals surface area contributed by atoms with Crippen molar-refractivity contribution in [1.29, 1.82) is 0 Å². The van der Waals surface area contributed by atoms with E-state index < -0.39 is 0 Å². The van der Waals surface area contributed by atoms with Crippen LogP contribution in [-0.4, -0.2) is 24.0 Å². The Bertz CT molecular complexity index is 631. The van der Waals surface area contributed by atoms with E-state index >= 15 is 0 Å². The summed E-state index contributed by atoms with van der Waals surface area (Å²) in [4.78, 5) is 10.1. The first-order valence-corrected chi connectivity index (χ1v) is 8.90. The molecule has 5 heteroatoms. The molecule has 23 heavy (non-hydrogen) atoms. The fourth-order valence-electron chi connectivity index (χ4n) is 2.24. The zero-order valence-corrected chi connectivity index (χ0v) is 15.2. The lowest BCUT2D eigenvalue weighted by molar-refractivity contribution is 0.700. The molecule has 0 aliphatic rings. The molecule has 0 saturated heterocycles. The number of guanidine groups is 1. The summed E-state index contributed by atoms with van der Waals surface area (Å²) in [5, 5.41) is 7.82. The van der Waals surface area contributed by atoms with Crippen molar-refractivity contribution in [3.63, 3.8) is 0 Å². The van der Waals surface area contributed by atoms with Gasteiger partial charge in [-0.2, -0.15) is 0 Å². The first kappa shape index (κ1) is 17.5. The lowest BCUT2D eigenvalue weighted by Crippen LogP contribution is -2.39. The van der Waals surface area contributed by atoms with Crippen molar-refractivity contribution in [2.24, 2.45) is 4.99 Å². The fraction of sp³-hybridized carbons (Fsp3) is 0.444. The zero-order valence-electron chi connectivity index (χ0n) is 14.4. The van der Waals surface area contributed by atoms with Gasteiger partial charge in [-0.15, -0.1) is 11.3 Å². The minimum atomic E-state index is 0.435. The van der Waals surface area contributed by atoms with Crippen molar-refractivity contribution < 1.29 is 0 Å². The molecule has 0 aliphatic heterocycles. The molecule has 1 heterocycles. The molecule has 1 atom stereocenters.